The summed E-state index contributed by atoms with van der Waals surface area (Å²) in [7, 11) is 0. The molecule has 2 aliphatic carbocycles. The van der Waals surface area contributed by atoms with Gasteiger partial charge in [-0.1, -0.05) is 43.6 Å². The third kappa shape index (κ3) is 4.12. The molecule has 0 spiro atoms. The topological polar surface area (TPSA) is 154 Å². The van der Waals surface area contributed by atoms with E-state index in [1.165, 1.54) is 0 Å². The maximum Gasteiger partial charge on any atom is 0.366 e. The number of halogens is 1. The van der Waals surface area contributed by atoms with Gasteiger partial charge in [0.05, 0.1) is 32.6 Å². The Morgan fingerprint density at radius 3 is 2.24 bits per heavy atom. The van der Waals surface area contributed by atoms with Gasteiger partial charge in [-0.05, 0) is 42.9 Å². The summed E-state index contributed by atoms with van der Waals surface area (Å²) >= 11 is 6.12. The number of fused-ring (bicyclic) bond motifs is 2. The number of nitro benzene ring substituents is 2. The first-order chi connectivity index (χ1) is 17.2. The highest BCUT2D eigenvalue weighted by atomic mass is 35.5. The molecule has 4 rings (SSSR count). The van der Waals surface area contributed by atoms with Crippen LogP contribution in [0, 0.1) is 43.4 Å². The molecule has 0 aliphatic heterocycles. The zero-order valence-electron chi connectivity index (χ0n) is 20.7. The Balaban J connectivity index is 1.62. The first-order valence-corrected chi connectivity index (χ1v) is 11.9. The number of carbonyl (C=O) groups excluding carboxylic acids is 2. The molecule has 0 radical (unpaired) electrons. The molecule has 0 aromatic heterocycles. The second-order valence-electron chi connectivity index (χ2n) is 10.3. The van der Waals surface area contributed by atoms with Crippen molar-refractivity contribution < 1.29 is 24.3 Å². The molecular weight excluding hydrogens is 504 g/mol. The van der Waals surface area contributed by atoms with E-state index in [0.29, 0.717) is 29.3 Å². The van der Waals surface area contributed by atoms with Gasteiger partial charge in [0.1, 0.15) is 0 Å². The Hall–Kier alpha value is -3.86. The molecule has 2 bridgehead atoms. The molecule has 11 nitrogen and oxygen atoms in total. The van der Waals surface area contributed by atoms with Crippen LogP contribution in [0.25, 0.3) is 0 Å². The summed E-state index contributed by atoms with van der Waals surface area (Å²) in [6.45, 7) is 7.80. The van der Waals surface area contributed by atoms with E-state index in [-0.39, 0.29) is 17.9 Å². The molecule has 2 atom stereocenters. The first kappa shape index (κ1) is 26.2. The third-order valence-electron chi connectivity index (χ3n) is 8.41. The quantitative estimate of drug-likeness (QED) is 0.281. The number of nitro groups is 2. The molecule has 2 fully saturated rings. The van der Waals surface area contributed by atoms with Crippen molar-refractivity contribution in [2.75, 3.05) is 5.32 Å². The monoisotopic (exact) mass is 528 g/mol. The Labute approximate surface area is 217 Å². The fourth-order valence-corrected chi connectivity index (χ4v) is 5.74. The van der Waals surface area contributed by atoms with E-state index < -0.39 is 43.4 Å². The minimum Gasteiger partial charge on any atom is -0.325 e. The molecule has 2 aromatic carbocycles. The largest absolute Gasteiger partial charge is 0.366 e. The summed E-state index contributed by atoms with van der Waals surface area (Å²) in [6.07, 6.45) is 1.47. The summed E-state index contributed by atoms with van der Waals surface area (Å²) < 4.78 is 0. The van der Waals surface area contributed by atoms with Crippen LogP contribution in [0.1, 0.15) is 56.0 Å². The van der Waals surface area contributed by atoms with Crippen molar-refractivity contribution in [2.45, 2.75) is 47.0 Å². The second-order valence-corrected chi connectivity index (χ2v) is 10.7. The fourth-order valence-electron chi connectivity index (χ4n) is 5.57. The van der Waals surface area contributed by atoms with E-state index in [1.807, 2.05) is 33.8 Å². The second kappa shape index (κ2) is 8.91. The fraction of sp³-hybridized carbons (Fsp3) is 0.400. The van der Waals surface area contributed by atoms with Crippen LogP contribution in [-0.4, -0.2) is 27.4 Å². The van der Waals surface area contributed by atoms with Gasteiger partial charge in [-0.25, -0.2) is 4.79 Å². The Bertz CT molecular complexity index is 1360. The van der Waals surface area contributed by atoms with Crippen LogP contribution in [0.5, 0.6) is 0 Å². The molecule has 37 heavy (non-hydrogen) atoms. The first-order valence-electron chi connectivity index (χ1n) is 11.5. The zero-order valence-corrected chi connectivity index (χ0v) is 21.4. The van der Waals surface area contributed by atoms with E-state index >= 15 is 0 Å². The van der Waals surface area contributed by atoms with E-state index in [9.17, 15) is 29.8 Å². The highest BCUT2D eigenvalue weighted by Gasteiger charge is 2.71. The lowest BCUT2D eigenvalue weighted by atomic mass is 9.64. The average molecular weight is 529 g/mol. The van der Waals surface area contributed by atoms with E-state index in [0.717, 1.165) is 23.8 Å². The Kier molecular flexibility index (Phi) is 6.31. The van der Waals surface area contributed by atoms with Crippen molar-refractivity contribution in [3.63, 3.8) is 0 Å². The van der Waals surface area contributed by atoms with Gasteiger partial charge in [0, 0.05) is 34.7 Å². The molecule has 0 heterocycles. The normalized spacial score (nSPS) is 24.6. The lowest BCUT2D eigenvalue weighted by molar-refractivity contribution is -0.394. The summed E-state index contributed by atoms with van der Waals surface area (Å²) in [5.41, 5.74) is -1.57. The minimum atomic E-state index is -1.07. The van der Waals surface area contributed by atoms with Gasteiger partial charge in [0.25, 0.3) is 11.4 Å². The molecule has 12 heteroatoms. The van der Waals surface area contributed by atoms with Crippen molar-refractivity contribution in [1.29, 1.82) is 0 Å². The van der Waals surface area contributed by atoms with Gasteiger partial charge in [-0.3, -0.25) is 25.0 Å². The molecule has 0 saturated heterocycles. The molecule has 2 aliphatic rings. The van der Waals surface area contributed by atoms with Crippen LogP contribution in [-0.2, 0) is 9.63 Å². The van der Waals surface area contributed by atoms with Gasteiger partial charge in [0.2, 0.25) is 5.91 Å². The number of nitrogens with one attached hydrogen (secondary N) is 1. The predicted octanol–water partition coefficient (Wildman–Crippen LogP) is 5.83. The maximum atomic E-state index is 13.7. The van der Waals surface area contributed by atoms with Crippen LogP contribution in [0.4, 0.5) is 17.1 Å². The van der Waals surface area contributed by atoms with Crippen LogP contribution in [0.3, 0.4) is 0 Å². The van der Waals surface area contributed by atoms with Gasteiger partial charge in [-0.2, -0.15) is 0 Å². The summed E-state index contributed by atoms with van der Waals surface area (Å²) in [6, 6.07) is 7.79. The molecular formula is C25H25ClN4O7. The summed E-state index contributed by atoms with van der Waals surface area (Å²) in [4.78, 5) is 52.1. The van der Waals surface area contributed by atoms with E-state index in [4.69, 9.17) is 16.4 Å². The highest BCUT2D eigenvalue weighted by Crippen LogP contribution is 2.71. The number of oxime groups is 1. The highest BCUT2D eigenvalue weighted by molar-refractivity contribution is 6.31. The van der Waals surface area contributed by atoms with Crippen LogP contribution in [0.15, 0.2) is 41.6 Å². The Morgan fingerprint density at radius 2 is 1.65 bits per heavy atom. The average Bonchev–Trinajstić information content (AvgIpc) is 3.15. The van der Waals surface area contributed by atoms with Gasteiger partial charge >= 0.3 is 5.97 Å². The number of aryl methyl sites for hydroxylation is 1. The lowest BCUT2D eigenvalue weighted by Crippen LogP contribution is -2.43. The number of amides is 1. The number of benzene rings is 2. The van der Waals surface area contributed by atoms with Crippen molar-refractivity contribution in [2.24, 2.45) is 21.4 Å². The van der Waals surface area contributed by atoms with Crippen LogP contribution in [0.2, 0.25) is 5.02 Å². The van der Waals surface area contributed by atoms with Gasteiger partial charge in [0.15, 0.2) is 0 Å². The number of nitrogens with zero attached hydrogens (tertiary/aromatic N) is 3. The third-order valence-corrected chi connectivity index (χ3v) is 8.65. The SMILES string of the molecule is Cc1ccc(Cl)cc1NC(=O)C12CCC(C)(/C(=N\OC(=O)c3cc([N+](=O)[O-])cc([N+](=O)[O-])c3)C1)C2(C)C. The number of non-ortho nitro benzene ring substituents is 2. The number of rotatable bonds is 6. The molecule has 2 saturated carbocycles. The van der Waals surface area contributed by atoms with E-state index in [2.05, 4.69) is 10.5 Å². The number of anilines is 1. The number of carbonyl (C=O) groups is 2. The van der Waals surface area contributed by atoms with Crippen LogP contribution < -0.4 is 5.32 Å². The molecule has 194 valence electrons. The van der Waals surface area contributed by atoms with Gasteiger partial charge in [-0.15, -0.1) is 0 Å². The zero-order chi connectivity index (χ0) is 27.3. The lowest BCUT2D eigenvalue weighted by Gasteiger charge is -2.39. The smallest absolute Gasteiger partial charge is 0.325 e. The van der Waals surface area contributed by atoms with Crippen molar-refractivity contribution in [3.8, 4) is 0 Å². The van der Waals surface area contributed by atoms with Crippen molar-refractivity contribution >= 4 is 46.3 Å². The van der Waals surface area contributed by atoms with Crippen molar-refractivity contribution in [3.05, 3.63) is 72.8 Å². The van der Waals surface area contributed by atoms with E-state index in [1.54, 1.807) is 12.1 Å². The molecule has 1 amide bonds. The predicted molar refractivity (Wildman–Crippen MR) is 136 cm³/mol. The Morgan fingerprint density at radius 1 is 1.03 bits per heavy atom. The number of hydrogen-bond acceptors (Lipinski definition) is 8. The number of hydrogen-bond donors (Lipinski definition) is 1. The summed E-state index contributed by atoms with van der Waals surface area (Å²) in [5, 5.41) is 29.9. The van der Waals surface area contributed by atoms with Gasteiger partial charge < -0.3 is 10.2 Å². The maximum absolute atomic E-state index is 13.7. The molecule has 2 unspecified atom stereocenters. The van der Waals surface area contributed by atoms with Crippen molar-refractivity contribution in [1.82, 2.24) is 0 Å². The minimum absolute atomic E-state index is 0.183. The van der Waals surface area contributed by atoms with Crippen LogP contribution >= 0.6 is 11.6 Å². The summed E-state index contributed by atoms with van der Waals surface area (Å²) in [5.74, 6) is -1.26. The molecule has 1 N–H and O–H groups in total. The standard InChI is InChI=1S/C25H25ClN4O7/c1-14-5-6-16(26)11-19(14)27-22(32)25-8-7-24(4,23(25,2)3)20(13-25)28-37-21(31)15-9-17(29(33)34)12-18(10-15)30(35)36/h5-6,9-12H,7-8,13H2,1-4H3,(H,27,32)/b28-20-. The molecule has 2 aromatic rings.